The van der Waals surface area contributed by atoms with E-state index in [-0.39, 0.29) is 36.1 Å². The number of methoxy groups -OCH3 is 1. The number of carbonyl (C=O) groups excluding carboxylic acids is 1. The first-order valence-electron chi connectivity index (χ1n) is 9.38. The normalized spacial score (nSPS) is 22.3. The average Bonchev–Trinajstić information content (AvgIpc) is 2.73. The Labute approximate surface area is 170 Å². The van der Waals surface area contributed by atoms with Crippen LogP contribution in [0.5, 0.6) is 5.88 Å². The Kier molecular flexibility index (Phi) is 5.28. The summed E-state index contributed by atoms with van der Waals surface area (Å²) >= 11 is 0. The molecule has 9 heteroatoms. The van der Waals surface area contributed by atoms with E-state index in [1.165, 1.54) is 17.6 Å². The molecule has 1 aromatic heterocycles. The van der Waals surface area contributed by atoms with Crippen LogP contribution in [0.2, 0.25) is 0 Å². The molecule has 0 saturated carbocycles. The maximum absolute atomic E-state index is 13.0. The van der Waals surface area contributed by atoms with Gasteiger partial charge < -0.3 is 14.4 Å². The molecule has 154 valence electrons. The molecule has 4 rings (SSSR count). The minimum atomic E-state index is -3.59. The molecule has 3 heterocycles. The average molecular weight is 417 g/mol. The molecule has 0 aliphatic carbocycles. The Bertz CT molecular complexity index is 978. The van der Waals surface area contributed by atoms with E-state index in [0.717, 1.165) is 5.56 Å². The Morgan fingerprint density at radius 2 is 1.72 bits per heavy atom. The minimum absolute atomic E-state index is 0.145. The van der Waals surface area contributed by atoms with Gasteiger partial charge >= 0.3 is 0 Å². The SMILES string of the molecule is COc1ccc(C(=O)N2CC3CN(S(=O)(=O)c4ccc(C)cc4)CC(C2)O3)cn1. The Balaban J connectivity index is 1.47. The molecule has 2 fully saturated rings. The highest BCUT2D eigenvalue weighted by Gasteiger charge is 2.41. The molecule has 2 aromatic rings. The van der Waals surface area contributed by atoms with Crippen LogP contribution in [-0.4, -0.2) is 74.0 Å². The molecule has 2 unspecified atom stereocenters. The third-order valence-electron chi connectivity index (χ3n) is 5.19. The van der Waals surface area contributed by atoms with Crippen LogP contribution >= 0.6 is 0 Å². The van der Waals surface area contributed by atoms with Gasteiger partial charge in [-0.3, -0.25) is 4.79 Å². The van der Waals surface area contributed by atoms with E-state index in [1.807, 2.05) is 6.92 Å². The van der Waals surface area contributed by atoms with Crippen LogP contribution in [0.1, 0.15) is 15.9 Å². The summed E-state index contributed by atoms with van der Waals surface area (Å²) in [7, 11) is -2.08. The largest absolute Gasteiger partial charge is 0.481 e. The first-order valence-corrected chi connectivity index (χ1v) is 10.8. The van der Waals surface area contributed by atoms with Gasteiger partial charge in [0.15, 0.2) is 0 Å². The number of amides is 1. The third-order valence-corrected chi connectivity index (χ3v) is 7.03. The van der Waals surface area contributed by atoms with Gasteiger partial charge in [-0.25, -0.2) is 13.4 Å². The molecular formula is C20H23N3O5S. The number of hydrogen-bond donors (Lipinski definition) is 0. The summed E-state index contributed by atoms with van der Waals surface area (Å²) < 4.78 is 38.4. The number of rotatable bonds is 4. The number of aryl methyl sites for hydroxylation is 1. The molecule has 1 aromatic carbocycles. The highest BCUT2D eigenvalue weighted by atomic mass is 32.2. The van der Waals surface area contributed by atoms with E-state index in [0.29, 0.717) is 24.5 Å². The number of hydrogen-bond acceptors (Lipinski definition) is 6. The Morgan fingerprint density at radius 3 is 2.28 bits per heavy atom. The second kappa shape index (κ2) is 7.74. The number of fused-ring (bicyclic) bond motifs is 2. The van der Waals surface area contributed by atoms with Gasteiger partial charge in [-0.05, 0) is 25.1 Å². The van der Waals surface area contributed by atoms with E-state index in [4.69, 9.17) is 9.47 Å². The zero-order chi connectivity index (χ0) is 20.6. The van der Waals surface area contributed by atoms with Crippen molar-refractivity contribution in [1.29, 1.82) is 0 Å². The maximum Gasteiger partial charge on any atom is 0.255 e. The third kappa shape index (κ3) is 3.98. The number of ether oxygens (including phenoxy) is 2. The molecule has 29 heavy (non-hydrogen) atoms. The lowest BCUT2D eigenvalue weighted by molar-refractivity contribution is -0.113. The predicted octanol–water partition coefficient (Wildman–Crippen LogP) is 1.31. The van der Waals surface area contributed by atoms with Gasteiger partial charge in [0.2, 0.25) is 15.9 Å². The highest BCUT2D eigenvalue weighted by Crippen LogP contribution is 2.26. The Hall–Kier alpha value is -2.49. The fraction of sp³-hybridized carbons (Fsp3) is 0.400. The summed E-state index contributed by atoms with van der Waals surface area (Å²) in [6.45, 7) is 3.02. The molecule has 0 N–H and O–H groups in total. The zero-order valence-corrected chi connectivity index (χ0v) is 17.1. The van der Waals surface area contributed by atoms with Crippen molar-refractivity contribution in [3.8, 4) is 5.88 Å². The number of carbonyl (C=O) groups is 1. The van der Waals surface area contributed by atoms with Crippen molar-refractivity contribution in [2.24, 2.45) is 0 Å². The summed E-state index contributed by atoms with van der Waals surface area (Å²) in [5.41, 5.74) is 1.47. The topological polar surface area (TPSA) is 89.0 Å². The molecule has 8 nitrogen and oxygen atoms in total. The minimum Gasteiger partial charge on any atom is -0.481 e. The van der Waals surface area contributed by atoms with Gasteiger partial charge in [0.1, 0.15) is 0 Å². The van der Waals surface area contributed by atoms with Crippen LogP contribution in [0.4, 0.5) is 0 Å². The molecule has 0 radical (unpaired) electrons. The van der Waals surface area contributed by atoms with Crippen LogP contribution in [0.15, 0.2) is 47.5 Å². The number of morpholine rings is 2. The monoisotopic (exact) mass is 417 g/mol. The van der Waals surface area contributed by atoms with Crippen LogP contribution in [-0.2, 0) is 14.8 Å². The van der Waals surface area contributed by atoms with Gasteiger partial charge in [-0.15, -0.1) is 0 Å². The summed E-state index contributed by atoms with van der Waals surface area (Å²) in [6, 6.07) is 10.2. The van der Waals surface area contributed by atoms with Gasteiger partial charge in [-0.2, -0.15) is 4.31 Å². The van der Waals surface area contributed by atoms with Gasteiger partial charge in [-0.1, -0.05) is 17.7 Å². The van der Waals surface area contributed by atoms with Crippen LogP contribution < -0.4 is 4.74 Å². The van der Waals surface area contributed by atoms with Crippen molar-refractivity contribution in [2.75, 3.05) is 33.3 Å². The summed E-state index contributed by atoms with van der Waals surface area (Å²) in [5, 5.41) is 0. The van der Waals surface area contributed by atoms with E-state index >= 15 is 0 Å². The fourth-order valence-corrected chi connectivity index (χ4v) is 5.19. The number of benzene rings is 1. The molecule has 2 aliphatic rings. The van der Waals surface area contributed by atoms with Crippen molar-refractivity contribution >= 4 is 15.9 Å². The Morgan fingerprint density at radius 1 is 1.07 bits per heavy atom. The van der Waals surface area contributed by atoms with E-state index in [9.17, 15) is 13.2 Å². The van der Waals surface area contributed by atoms with E-state index in [2.05, 4.69) is 4.98 Å². The smallest absolute Gasteiger partial charge is 0.255 e. The predicted molar refractivity (Wildman–Crippen MR) is 105 cm³/mol. The fourth-order valence-electron chi connectivity index (χ4n) is 3.69. The molecular weight excluding hydrogens is 394 g/mol. The maximum atomic E-state index is 13.0. The standard InChI is InChI=1S/C20H23N3O5S/c1-14-3-6-18(7-4-14)29(25,26)23-12-16-10-22(11-17(13-23)28-16)20(24)15-5-8-19(27-2)21-9-15/h3-9,16-17H,10-13H2,1-2H3. The van der Waals surface area contributed by atoms with Crippen LogP contribution in [0.25, 0.3) is 0 Å². The van der Waals surface area contributed by atoms with Crippen LogP contribution in [0, 0.1) is 6.92 Å². The molecule has 1 amide bonds. The number of nitrogens with zero attached hydrogens (tertiary/aromatic N) is 3. The quantitative estimate of drug-likeness (QED) is 0.745. The second-order valence-corrected chi connectivity index (χ2v) is 9.25. The lowest BCUT2D eigenvalue weighted by Gasteiger charge is -2.45. The number of sulfonamides is 1. The van der Waals surface area contributed by atoms with Crippen LogP contribution in [0.3, 0.4) is 0 Å². The lowest BCUT2D eigenvalue weighted by Crippen LogP contribution is -2.61. The van der Waals surface area contributed by atoms with Crippen molar-refractivity contribution in [3.63, 3.8) is 0 Å². The lowest BCUT2D eigenvalue weighted by atomic mass is 10.1. The summed E-state index contributed by atoms with van der Waals surface area (Å²) in [5.74, 6) is 0.297. The highest BCUT2D eigenvalue weighted by molar-refractivity contribution is 7.89. The second-order valence-electron chi connectivity index (χ2n) is 7.31. The summed E-state index contributed by atoms with van der Waals surface area (Å²) in [4.78, 5) is 18.9. The van der Waals surface area contributed by atoms with Crippen molar-refractivity contribution < 1.29 is 22.7 Å². The van der Waals surface area contributed by atoms with Gasteiger partial charge in [0, 0.05) is 38.4 Å². The number of aromatic nitrogens is 1. The first kappa shape index (κ1) is 19.8. The molecule has 2 aliphatic heterocycles. The summed E-state index contributed by atoms with van der Waals surface area (Å²) in [6.07, 6.45) is 0.761. The van der Waals surface area contributed by atoms with E-state index < -0.39 is 10.0 Å². The zero-order valence-electron chi connectivity index (χ0n) is 16.3. The molecule has 2 atom stereocenters. The molecule has 2 saturated heterocycles. The van der Waals surface area contributed by atoms with Crippen molar-refractivity contribution in [2.45, 2.75) is 24.0 Å². The van der Waals surface area contributed by atoms with Gasteiger partial charge in [0.25, 0.3) is 5.91 Å². The van der Waals surface area contributed by atoms with Crippen molar-refractivity contribution in [3.05, 3.63) is 53.7 Å². The number of pyridine rings is 1. The first-order chi connectivity index (χ1) is 13.9. The van der Waals surface area contributed by atoms with Crippen molar-refractivity contribution in [1.82, 2.24) is 14.2 Å². The molecule has 2 bridgehead atoms. The van der Waals surface area contributed by atoms with Gasteiger partial charge in [0.05, 0.1) is 29.8 Å². The van der Waals surface area contributed by atoms with E-state index in [1.54, 1.807) is 41.3 Å². The molecule has 0 spiro atoms.